The Bertz CT molecular complexity index is 390. The van der Waals surface area contributed by atoms with Gasteiger partial charge in [0, 0.05) is 12.3 Å². The second-order valence-electron chi connectivity index (χ2n) is 3.92. The largest absolute Gasteiger partial charge is 0.321 e. The second-order valence-corrected chi connectivity index (χ2v) is 3.92. The topological polar surface area (TPSA) is 17.8 Å². The molecule has 1 aromatic rings. The monoisotopic (exact) mass is 174 g/mol. The van der Waals surface area contributed by atoms with Gasteiger partial charge >= 0.3 is 0 Å². The van der Waals surface area contributed by atoms with Crippen LogP contribution in [0.2, 0.25) is 0 Å². The molecular formula is C11H14N2. The van der Waals surface area contributed by atoms with Crippen LogP contribution >= 0.6 is 0 Å². The molecule has 1 aliphatic rings. The summed E-state index contributed by atoms with van der Waals surface area (Å²) in [5.74, 6) is 1.02. The zero-order valence-electron chi connectivity index (χ0n) is 8.33. The summed E-state index contributed by atoms with van der Waals surface area (Å²) in [5.41, 5.74) is 4.30. The van der Waals surface area contributed by atoms with Gasteiger partial charge in [-0.1, -0.05) is 6.92 Å². The Labute approximate surface area is 78.6 Å². The van der Waals surface area contributed by atoms with Crippen LogP contribution < -0.4 is 0 Å². The normalized spacial score (nSPS) is 17.5. The number of nitrogens with zero attached hydrogens (tertiary/aromatic N) is 2. The summed E-state index contributed by atoms with van der Waals surface area (Å²) in [6.07, 6.45) is 7.12. The van der Waals surface area contributed by atoms with Crippen LogP contribution in [-0.4, -0.2) is 9.55 Å². The fourth-order valence-corrected chi connectivity index (χ4v) is 1.57. The molecule has 0 saturated carbocycles. The maximum absolute atomic E-state index is 4.49. The van der Waals surface area contributed by atoms with E-state index in [1.165, 1.54) is 0 Å². The van der Waals surface area contributed by atoms with Gasteiger partial charge in [-0.05, 0) is 26.3 Å². The van der Waals surface area contributed by atoms with Crippen LogP contribution in [0.25, 0.3) is 6.08 Å². The fraction of sp³-hybridized carbons (Fsp3) is 0.455. The third-order valence-electron chi connectivity index (χ3n) is 2.42. The lowest BCUT2D eigenvalue weighted by molar-refractivity contribution is 0.448. The van der Waals surface area contributed by atoms with E-state index < -0.39 is 0 Å². The van der Waals surface area contributed by atoms with Gasteiger partial charge in [-0.3, -0.25) is 0 Å². The first-order chi connectivity index (χ1) is 6.13. The second kappa shape index (κ2) is 2.61. The minimum absolute atomic E-state index is 0.0184. The summed E-state index contributed by atoms with van der Waals surface area (Å²) in [6, 6.07) is 0. The summed E-state index contributed by atoms with van der Waals surface area (Å²) >= 11 is 0. The highest BCUT2D eigenvalue weighted by molar-refractivity contribution is 5.44. The van der Waals surface area contributed by atoms with E-state index in [9.17, 15) is 0 Å². The van der Waals surface area contributed by atoms with E-state index in [-0.39, 0.29) is 5.54 Å². The average Bonchev–Trinajstić information content (AvgIpc) is 2.48. The third kappa shape index (κ3) is 1.24. The van der Waals surface area contributed by atoms with Gasteiger partial charge in [0.25, 0.3) is 0 Å². The van der Waals surface area contributed by atoms with E-state index >= 15 is 0 Å². The Morgan fingerprint density at radius 3 is 2.92 bits per heavy atom. The first kappa shape index (κ1) is 8.33. The van der Waals surface area contributed by atoms with Gasteiger partial charge in [-0.15, -0.1) is 5.73 Å². The van der Waals surface area contributed by atoms with Crippen molar-refractivity contribution in [3.8, 4) is 0 Å². The van der Waals surface area contributed by atoms with Gasteiger partial charge in [0.15, 0.2) is 0 Å². The molecule has 13 heavy (non-hydrogen) atoms. The number of allylic oxidation sites excluding steroid dienone is 1. The molecule has 0 amide bonds. The molecule has 68 valence electrons. The van der Waals surface area contributed by atoms with E-state index in [2.05, 4.69) is 48.3 Å². The number of rotatable bonds is 1. The van der Waals surface area contributed by atoms with Crippen molar-refractivity contribution in [2.45, 2.75) is 32.7 Å². The molecular weight excluding hydrogens is 160 g/mol. The standard InChI is InChI=1S/C11H14N2/c1-4-9-8-13-10(12-9)6-5-7-11(13,2)3/h6-8H,4H2,1-3H3. The van der Waals surface area contributed by atoms with E-state index in [0.717, 1.165) is 17.9 Å². The molecule has 0 aromatic carbocycles. The zero-order chi connectivity index (χ0) is 9.47. The highest BCUT2D eigenvalue weighted by Crippen LogP contribution is 2.23. The maximum Gasteiger partial charge on any atom is 0.141 e. The van der Waals surface area contributed by atoms with Gasteiger partial charge in [0.1, 0.15) is 5.82 Å². The smallest absolute Gasteiger partial charge is 0.141 e. The lowest BCUT2D eigenvalue weighted by atomic mass is 10.0. The molecule has 1 aliphatic heterocycles. The maximum atomic E-state index is 4.49. The van der Waals surface area contributed by atoms with Crippen LogP contribution in [0.15, 0.2) is 18.0 Å². The van der Waals surface area contributed by atoms with Crippen molar-refractivity contribution < 1.29 is 0 Å². The van der Waals surface area contributed by atoms with Crippen LogP contribution in [0.4, 0.5) is 0 Å². The Morgan fingerprint density at radius 2 is 2.31 bits per heavy atom. The molecule has 0 atom stereocenters. The number of hydrogen-bond donors (Lipinski definition) is 0. The summed E-state index contributed by atoms with van der Waals surface area (Å²) in [4.78, 5) is 4.49. The van der Waals surface area contributed by atoms with Gasteiger partial charge in [0.05, 0.1) is 11.2 Å². The van der Waals surface area contributed by atoms with Gasteiger partial charge < -0.3 is 4.57 Å². The highest BCUT2D eigenvalue weighted by atomic mass is 15.1. The van der Waals surface area contributed by atoms with Crippen molar-refractivity contribution in [2.75, 3.05) is 0 Å². The molecule has 0 aliphatic carbocycles. The van der Waals surface area contributed by atoms with E-state index in [0.29, 0.717) is 0 Å². The Balaban J connectivity index is 2.58. The number of hydrogen-bond acceptors (Lipinski definition) is 1. The minimum atomic E-state index is 0.0184. The molecule has 0 radical (unpaired) electrons. The molecule has 0 N–H and O–H groups in total. The summed E-state index contributed by atoms with van der Waals surface area (Å²) in [6.45, 7) is 6.45. The Hall–Kier alpha value is -1.27. The first-order valence-electron chi connectivity index (χ1n) is 4.66. The van der Waals surface area contributed by atoms with Crippen LogP contribution in [0.3, 0.4) is 0 Å². The molecule has 1 aromatic heterocycles. The molecule has 0 saturated heterocycles. The number of imidazole rings is 1. The van der Waals surface area contributed by atoms with Crippen LogP contribution in [0.5, 0.6) is 0 Å². The molecule has 2 rings (SSSR count). The summed E-state index contributed by atoms with van der Waals surface area (Å²) in [7, 11) is 0. The Kier molecular flexibility index (Phi) is 1.67. The average molecular weight is 174 g/mol. The molecule has 2 heteroatoms. The minimum Gasteiger partial charge on any atom is -0.321 e. The first-order valence-corrected chi connectivity index (χ1v) is 4.66. The molecule has 0 spiro atoms. The summed E-state index contributed by atoms with van der Waals surface area (Å²) in [5, 5.41) is 0. The van der Waals surface area contributed by atoms with E-state index in [1.54, 1.807) is 0 Å². The SMILES string of the molecule is CCc1cn2c(n1)C=C=CC2(C)C. The molecule has 0 bridgehead atoms. The van der Waals surface area contributed by atoms with Crippen molar-refractivity contribution in [2.24, 2.45) is 0 Å². The van der Waals surface area contributed by atoms with E-state index in [1.807, 2.05) is 6.08 Å². The Morgan fingerprint density at radius 1 is 1.54 bits per heavy atom. The third-order valence-corrected chi connectivity index (χ3v) is 2.42. The highest BCUT2D eigenvalue weighted by Gasteiger charge is 2.21. The lowest BCUT2D eigenvalue weighted by Gasteiger charge is -2.24. The molecule has 2 heterocycles. The van der Waals surface area contributed by atoms with Gasteiger partial charge in [-0.25, -0.2) is 4.98 Å². The molecule has 0 unspecified atom stereocenters. The zero-order valence-corrected chi connectivity index (χ0v) is 8.33. The predicted octanol–water partition coefficient (Wildman–Crippen LogP) is 2.36. The van der Waals surface area contributed by atoms with Gasteiger partial charge in [-0.2, -0.15) is 0 Å². The van der Waals surface area contributed by atoms with Crippen molar-refractivity contribution in [1.29, 1.82) is 0 Å². The summed E-state index contributed by atoms with van der Waals surface area (Å²) < 4.78 is 2.20. The molecule has 0 fully saturated rings. The number of fused-ring (bicyclic) bond motifs is 1. The quantitative estimate of drug-likeness (QED) is 0.598. The lowest BCUT2D eigenvalue weighted by Crippen LogP contribution is -2.25. The van der Waals surface area contributed by atoms with E-state index in [4.69, 9.17) is 0 Å². The fourth-order valence-electron chi connectivity index (χ4n) is 1.57. The predicted molar refractivity (Wildman–Crippen MR) is 53.5 cm³/mol. The van der Waals surface area contributed by atoms with Crippen molar-refractivity contribution in [3.05, 3.63) is 29.5 Å². The van der Waals surface area contributed by atoms with Crippen molar-refractivity contribution in [1.82, 2.24) is 9.55 Å². The number of aromatic nitrogens is 2. The van der Waals surface area contributed by atoms with Crippen molar-refractivity contribution >= 4 is 6.08 Å². The van der Waals surface area contributed by atoms with Crippen LogP contribution in [0, 0.1) is 0 Å². The van der Waals surface area contributed by atoms with Crippen LogP contribution in [-0.2, 0) is 12.0 Å². The van der Waals surface area contributed by atoms with Crippen molar-refractivity contribution in [3.63, 3.8) is 0 Å². The van der Waals surface area contributed by atoms with Crippen LogP contribution in [0.1, 0.15) is 32.3 Å². The molecule has 2 nitrogen and oxygen atoms in total. The number of aryl methyl sites for hydroxylation is 1. The van der Waals surface area contributed by atoms with Gasteiger partial charge in [0.2, 0.25) is 0 Å².